The van der Waals surface area contributed by atoms with E-state index in [2.05, 4.69) is 45.5 Å². The number of carbonyl (C=O) groups is 1. The molecule has 5 heteroatoms. The Morgan fingerprint density at radius 1 is 1.03 bits per heavy atom. The Morgan fingerprint density at radius 3 is 2.24 bits per heavy atom. The minimum Gasteiger partial charge on any atom is -0.449 e. The van der Waals surface area contributed by atoms with Gasteiger partial charge in [0.2, 0.25) is 0 Å². The maximum Gasteiger partial charge on any atom is 0.407 e. The van der Waals surface area contributed by atoms with Crippen LogP contribution < -0.4 is 5.32 Å². The van der Waals surface area contributed by atoms with E-state index in [1.165, 1.54) is 22.3 Å². The van der Waals surface area contributed by atoms with Crippen molar-refractivity contribution < 1.29 is 14.6 Å². The van der Waals surface area contributed by atoms with E-state index in [4.69, 9.17) is 4.74 Å². The minimum absolute atomic E-state index is 0.000553. The summed E-state index contributed by atoms with van der Waals surface area (Å²) in [6.07, 6.45) is -0.552. The summed E-state index contributed by atoms with van der Waals surface area (Å²) in [5, 5.41) is 12.8. The summed E-state index contributed by atoms with van der Waals surface area (Å²) in [7, 11) is 0. The third kappa shape index (κ3) is 3.80. The number of ether oxygens (including phenoxy) is 1. The third-order valence-corrected chi connectivity index (χ3v) is 5.99. The molecule has 4 nitrogen and oxygen atoms in total. The molecule has 0 heterocycles. The standard InChI is InChI=1S/C24H22BrNO3/c1-24(15-27,16-7-6-8-17(25)13-16)26-23(28)29-14-22-20-11-4-2-9-18(20)19-10-3-5-12-21(19)22/h2-13,22,27H,14-15H2,1H3,(H,26,28). The fourth-order valence-electron chi connectivity index (χ4n) is 3.89. The fourth-order valence-corrected chi connectivity index (χ4v) is 4.29. The monoisotopic (exact) mass is 451 g/mol. The van der Waals surface area contributed by atoms with Crippen molar-refractivity contribution in [3.8, 4) is 11.1 Å². The molecule has 0 fully saturated rings. The number of hydrogen-bond donors (Lipinski definition) is 2. The summed E-state index contributed by atoms with van der Waals surface area (Å²) >= 11 is 3.43. The summed E-state index contributed by atoms with van der Waals surface area (Å²) < 4.78 is 6.49. The smallest absolute Gasteiger partial charge is 0.407 e. The maximum atomic E-state index is 12.6. The molecule has 0 radical (unpaired) electrons. The molecule has 1 aliphatic rings. The first kappa shape index (κ1) is 19.7. The zero-order chi connectivity index (χ0) is 20.4. The van der Waals surface area contributed by atoms with E-state index in [-0.39, 0.29) is 19.1 Å². The molecule has 148 valence electrons. The molecule has 3 aromatic rings. The predicted molar refractivity (Wildman–Crippen MR) is 117 cm³/mol. The Morgan fingerprint density at radius 2 is 1.66 bits per heavy atom. The SMILES string of the molecule is CC(CO)(NC(=O)OCC1c2ccccc2-c2ccccc21)c1cccc(Br)c1. The zero-order valence-corrected chi connectivity index (χ0v) is 17.6. The lowest BCUT2D eigenvalue weighted by atomic mass is 9.93. The quantitative estimate of drug-likeness (QED) is 0.560. The van der Waals surface area contributed by atoms with Crippen LogP contribution in [0.4, 0.5) is 4.79 Å². The molecule has 1 unspecified atom stereocenters. The van der Waals surface area contributed by atoms with Crippen LogP contribution in [0.3, 0.4) is 0 Å². The number of rotatable bonds is 5. The van der Waals surface area contributed by atoms with E-state index >= 15 is 0 Å². The first-order valence-electron chi connectivity index (χ1n) is 9.52. The molecule has 1 aliphatic carbocycles. The number of carbonyl (C=O) groups excluding carboxylic acids is 1. The van der Waals surface area contributed by atoms with Crippen LogP contribution in [0, 0.1) is 0 Å². The van der Waals surface area contributed by atoms with Gasteiger partial charge >= 0.3 is 6.09 Å². The van der Waals surface area contributed by atoms with Gasteiger partial charge in [0.1, 0.15) is 6.61 Å². The Bertz CT molecular complexity index is 1010. The Balaban J connectivity index is 1.50. The number of benzene rings is 3. The molecule has 0 aromatic heterocycles. The highest BCUT2D eigenvalue weighted by atomic mass is 79.9. The van der Waals surface area contributed by atoms with Gasteiger partial charge in [-0.25, -0.2) is 4.79 Å². The van der Waals surface area contributed by atoms with E-state index in [1.807, 2.05) is 48.5 Å². The number of hydrogen-bond acceptors (Lipinski definition) is 3. The van der Waals surface area contributed by atoms with Gasteiger partial charge in [0, 0.05) is 10.4 Å². The molecule has 1 amide bonds. The topological polar surface area (TPSA) is 58.6 Å². The second-order valence-corrected chi connectivity index (χ2v) is 8.37. The summed E-state index contributed by atoms with van der Waals surface area (Å²) in [5.41, 5.74) is 4.56. The largest absolute Gasteiger partial charge is 0.449 e. The third-order valence-electron chi connectivity index (χ3n) is 5.50. The molecule has 0 bridgehead atoms. The summed E-state index contributed by atoms with van der Waals surface area (Å²) in [4.78, 5) is 12.6. The van der Waals surface area contributed by atoms with Gasteiger partial charge in [-0.3, -0.25) is 0 Å². The molecular weight excluding hydrogens is 430 g/mol. The van der Waals surface area contributed by atoms with Crippen molar-refractivity contribution >= 4 is 22.0 Å². The second-order valence-electron chi connectivity index (χ2n) is 7.45. The van der Waals surface area contributed by atoms with Crippen LogP contribution >= 0.6 is 15.9 Å². The van der Waals surface area contributed by atoms with Gasteiger partial charge in [0.25, 0.3) is 0 Å². The van der Waals surface area contributed by atoms with Crippen LogP contribution in [0.5, 0.6) is 0 Å². The molecule has 0 aliphatic heterocycles. The van der Waals surface area contributed by atoms with Gasteiger partial charge in [-0.2, -0.15) is 0 Å². The van der Waals surface area contributed by atoms with Gasteiger partial charge < -0.3 is 15.2 Å². The van der Waals surface area contributed by atoms with Crippen LogP contribution in [0.15, 0.2) is 77.3 Å². The Hall–Kier alpha value is -2.63. The van der Waals surface area contributed by atoms with Crippen LogP contribution in [-0.2, 0) is 10.3 Å². The number of fused-ring (bicyclic) bond motifs is 3. The van der Waals surface area contributed by atoms with E-state index < -0.39 is 11.6 Å². The first-order valence-corrected chi connectivity index (χ1v) is 10.3. The molecule has 0 saturated heterocycles. The number of nitrogens with one attached hydrogen (secondary N) is 1. The molecule has 1 atom stereocenters. The van der Waals surface area contributed by atoms with Crippen LogP contribution in [0.25, 0.3) is 11.1 Å². The van der Waals surface area contributed by atoms with Crippen LogP contribution in [-0.4, -0.2) is 24.4 Å². The Kier molecular flexibility index (Phi) is 5.43. The highest BCUT2D eigenvalue weighted by molar-refractivity contribution is 9.10. The average Bonchev–Trinajstić information content (AvgIpc) is 3.06. The number of alkyl carbamates (subject to hydrolysis) is 1. The van der Waals surface area contributed by atoms with Gasteiger partial charge in [-0.05, 0) is 46.9 Å². The summed E-state index contributed by atoms with van der Waals surface area (Å²) in [6.45, 7) is 1.77. The van der Waals surface area contributed by atoms with Crippen molar-refractivity contribution in [2.75, 3.05) is 13.2 Å². The van der Waals surface area contributed by atoms with Crippen LogP contribution in [0.1, 0.15) is 29.5 Å². The van der Waals surface area contributed by atoms with E-state index in [1.54, 1.807) is 6.92 Å². The normalized spacial score (nSPS) is 14.6. The summed E-state index contributed by atoms with van der Waals surface area (Å²) in [5.74, 6) is -0.000553. The van der Waals surface area contributed by atoms with Crippen molar-refractivity contribution in [1.29, 1.82) is 0 Å². The first-order chi connectivity index (χ1) is 14.0. The van der Waals surface area contributed by atoms with Crippen molar-refractivity contribution in [3.63, 3.8) is 0 Å². The minimum atomic E-state index is -0.938. The lowest BCUT2D eigenvalue weighted by molar-refractivity contribution is 0.114. The maximum absolute atomic E-state index is 12.6. The van der Waals surface area contributed by atoms with Crippen molar-refractivity contribution in [3.05, 3.63) is 94.0 Å². The van der Waals surface area contributed by atoms with Crippen LogP contribution in [0.2, 0.25) is 0 Å². The highest BCUT2D eigenvalue weighted by Gasteiger charge is 2.31. The van der Waals surface area contributed by atoms with Gasteiger partial charge in [0.15, 0.2) is 0 Å². The Labute approximate surface area is 178 Å². The van der Waals surface area contributed by atoms with E-state index in [0.29, 0.717) is 0 Å². The average molecular weight is 452 g/mol. The molecule has 2 N–H and O–H groups in total. The number of aliphatic hydroxyl groups excluding tert-OH is 1. The zero-order valence-electron chi connectivity index (χ0n) is 16.1. The lowest BCUT2D eigenvalue weighted by Gasteiger charge is -2.29. The molecule has 4 rings (SSSR count). The van der Waals surface area contributed by atoms with Crippen molar-refractivity contribution in [1.82, 2.24) is 5.32 Å². The molecule has 0 saturated carbocycles. The molecule has 0 spiro atoms. The fraction of sp³-hybridized carbons (Fsp3) is 0.208. The number of halogens is 1. The second kappa shape index (κ2) is 8.01. The van der Waals surface area contributed by atoms with Crippen molar-refractivity contribution in [2.24, 2.45) is 0 Å². The van der Waals surface area contributed by atoms with E-state index in [0.717, 1.165) is 10.0 Å². The van der Waals surface area contributed by atoms with Crippen molar-refractivity contribution in [2.45, 2.75) is 18.4 Å². The molecular formula is C24H22BrNO3. The van der Waals surface area contributed by atoms with E-state index in [9.17, 15) is 9.90 Å². The predicted octanol–water partition coefficient (Wildman–Crippen LogP) is 5.20. The van der Waals surface area contributed by atoms with Gasteiger partial charge in [-0.15, -0.1) is 0 Å². The lowest BCUT2D eigenvalue weighted by Crippen LogP contribution is -2.46. The summed E-state index contributed by atoms with van der Waals surface area (Å²) in [6, 6.07) is 23.9. The van der Waals surface area contributed by atoms with Gasteiger partial charge in [0.05, 0.1) is 12.1 Å². The van der Waals surface area contributed by atoms with Gasteiger partial charge in [-0.1, -0.05) is 76.6 Å². The highest BCUT2D eigenvalue weighted by Crippen LogP contribution is 2.44. The number of amides is 1. The molecule has 29 heavy (non-hydrogen) atoms. The molecule has 3 aromatic carbocycles. The number of aliphatic hydroxyl groups is 1.